The highest BCUT2D eigenvalue weighted by molar-refractivity contribution is 5.87. The molecular formula is C20H14N4O. The van der Waals surface area contributed by atoms with E-state index in [0.29, 0.717) is 23.4 Å². The SMILES string of the molecule is O=c1c2cccnc2n2c3ccccc3nc2n1Cc1ccccc1. The lowest BCUT2D eigenvalue weighted by Crippen LogP contribution is -2.24. The molecule has 0 aliphatic heterocycles. The summed E-state index contributed by atoms with van der Waals surface area (Å²) < 4.78 is 3.69. The van der Waals surface area contributed by atoms with Gasteiger partial charge in [0.15, 0.2) is 5.65 Å². The van der Waals surface area contributed by atoms with Gasteiger partial charge in [0, 0.05) is 6.20 Å². The molecule has 3 heterocycles. The molecule has 0 N–H and O–H groups in total. The average Bonchev–Trinajstić information content (AvgIpc) is 3.05. The molecule has 0 saturated heterocycles. The Morgan fingerprint density at radius 3 is 2.56 bits per heavy atom. The number of aromatic nitrogens is 4. The van der Waals surface area contributed by atoms with Crippen LogP contribution in [0.15, 0.2) is 77.7 Å². The van der Waals surface area contributed by atoms with Crippen molar-refractivity contribution in [2.75, 3.05) is 0 Å². The molecule has 0 bridgehead atoms. The van der Waals surface area contributed by atoms with Crippen molar-refractivity contribution < 1.29 is 0 Å². The third-order valence-corrected chi connectivity index (χ3v) is 4.44. The number of hydrogen-bond acceptors (Lipinski definition) is 3. The van der Waals surface area contributed by atoms with Crippen LogP contribution < -0.4 is 5.56 Å². The summed E-state index contributed by atoms with van der Waals surface area (Å²) in [6.07, 6.45) is 1.71. The zero-order valence-electron chi connectivity index (χ0n) is 13.3. The van der Waals surface area contributed by atoms with Crippen LogP contribution in [0.4, 0.5) is 0 Å². The molecule has 5 rings (SSSR count). The summed E-state index contributed by atoms with van der Waals surface area (Å²) in [7, 11) is 0. The molecule has 0 atom stereocenters. The van der Waals surface area contributed by atoms with E-state index in [2.05, 4.69) is 4.98 Å². The maximum absolute atomic E-state index is 13.1. The Bertz CT molecular complexity index is 1290. The predicted molar refractivity (Wildman–Crippen MR) is 97.8 cm³/mol. The van der Waals surface area contributed by atoms with Gasteiger partial charge in [-0.3, -0.25) is 13.8 Å². The first kappa shape index (κ1) is 13.9. The second-order valence-electron chi connectivity index (χ2n) is 5.99. The van der Waals surface area contributed by atoms with Gasteiger partial charge in [0.2, 0.25) is 5.78 Å². The summed E-state index contributed by atoms with van der Waals surface area (Å²) in [5.74, 6) is 0.612. The van der Waals surface area contributed by atoms with Crippen LogP contribution in [0.25, 0.3) is 27.8 Å². The highest BCUT2D eigenvalue weighted by Gasteiger charge is 2.16. The van der Waals surface area contributed by atoms with Crippen LogP contribution in [0.5, 0.6) is 0 Å². The number of nitrogens with zero attached hydrogens (tertiary/aromatic N) is 4. The second-order valence-corrected chi connectivity index (χ2v) is 5.99. The van der Waals surface area contributed by atoms with Crippen molar-refractivity contribution in [3.05, 3.63) is 88.8 Å². The van der Waals surface area contributed by atoms with Gasteiger partial charge in [0.1, 0.15) is 0 Å². The lowest BCUT2D eigenvalue weighted by Gasteiger charge is -2.10. The Kier molecular flexibility index (Phi) is 2.94. The van der Waals surface area contributed by atoms with Crippen molar-refractivity contribution in [1.29, 1.82) is 0 Å². The van der Waals surface area contributed by atoms with E-state index in [0.717, 1.165) is 16.6 Å². The van der Waals surface area contributed by atoms with Crippen LogP contribution in [0.1, 0.15) is 5.56 Å². The number of fused-ring (bicyclic) bond motifs is 5. The minimum Gasteiger partial charge on any atom is -0.273 e. The van der Waals surface area contributed by atoms with E-state index in [1.165, 1.54) is 0 Å². The van der Waals surface area contributed by atoms with E-state index in [4.69, 9.17) is 4.98 Å². The summed E-state index contributed by atoms with van der Waals surface area (Å²) >= 11 is 0. The fourth-order valence-electron chi connectivity index (χ4n) is 3.29. The van der Waals surface area contributed by atoms with Gasteiger partial charge in [-0.1, -0.05) is 42.5 Å². The highest BCUT2D eigenvalue weighted by Crippen LogP contribution is 2.20. The Morgan fingerprint density at radius 1 is 0.880 bits per heavy atom. The molecule has 0 spiro atoms. The minimum atomic E-state index is -0.0743. The smallest absolute Gasteiger partial charge is 0.264 e. The number of benzene rings is 2. The molecule has 0 saturated carbocycles. The van der Waals surface area contributed by atoms with E-state index < -0.39 is 0 Å². The van der Waals surface area contributed by atoms with Crippen LogP contribution >= 0.6 is 0 Å². The molecule has 2 aromatic carbocycles. The van der Waals surface area contributed by atoms with E-state index in [-0.39, 0.29) is 5.56 Å². The molecule has 0 radical (unpaired) electrons. The van der Waals surface area contributed by atoms with Crippen molar-refractivity contribution in [2.45, 2.75) is 6.54 Å². The third-order valence-electron chi connectivity index (χ3n) is 4.44. The van der Waals surface area contributed by atoms with Gasteiger partial charge in [-0.2, -0.15) is 0 Å². The molecule has 0 fully saturated rings. The fraction of sp³-hybridized carbons (Fsp3) is 0.0500. The molecule has 25 heavy (non-hydrogen) atoms. The first-order valence-corrected chi connectivity index (χ1v) is 8.11. The quantitative estimate of drug-likeness (QED) is 0.500. The molecule has 120 valence electrons. The van der Waals surface area contributed by atoms with Crippen molar-refractivity contribution in [1.82, 2.24) is 18.9 Å². The number of rotatable bonds is 2. The topological polar surface area (TPSA) is 52.2 Å². The Balaban J connectivity index is 1.95. The summed E-state index contributed by atoms with van der Waals surface area (Å²) in [5.41, 5.74) is 3.42. The van der Waals surface area contributed by atoms with Gasteiger partial charge in [0.05, 0.1) is 23.0 Å². The van der Waals surface area contributed by atoms with Crippen molar-refractivity contribution in [3.8, 4) is 0 Å². The van der Waals surface area contributed by atoms with E-state index in [1.54, 1.807) is 16.8 Å². The molecule has 0 aliphatic rings. The number of para-hydroxylation sites is 2. The summed E-state index contributed by atoms with van der Waals surface area (Å²) in [6.45, 7) is 0.470. The van der Waals surface area contributed by atoms with Crippen LogP contribution in [0.3, 0.4) is 0 Å². The summed E-state index contributed by atoms with van der Waals surface area (Å²) in [5, 5.41) is 0.592. The van der Waals surface area contributed by atoms with Gasteiger partial charge < -0.3 is 0 Å². The zero-order valence-corrected chi connectivity index (χ0v) is 13.3. The van der Waals surface area contributed by atoms with Crippen LogP contribution in [0.2, 0.25) is 0 Å². The Labute approximate surface area is 142 Å². The van der Waals surface area contributed by atoms with Gasteiger partial charge in [-0.05, 0) is 29.8 Å². The van der Waals surface area contributed by atoms with Crippen molar-refractivity contribution >= 4 is 27.8 Å². The van der Waals surface area contributed by atoms with Crippen LogP contribution in [-0.2, 0) is 6.54 Å². The maximum Gasteiger partial charge on any atom is 0.264 e. The number of imidazole rings is 1. The molecule has 0 unspecified atom stereocenters. The highest BCUT2D eigenvalue weighted by atomic mass is 16.1. The normalized spacial score (nSPS) is 11.5. The Hall–Kier alpha value is -3.47. The third kappa shape index (κ3) is 2.06. The molecule has 5 heteroatoms. The van der Waals surface area contributed by atoms with E-state index >= 15 is 0 Å². The Morgan fingerprint density at radius 2 is 1.68 bits per heavy atom. The monoisotopic (exact) mass is 326 g/mol. The molecular weight excluding hydrogens is 312 g/mol. The lowest BCUT2D eigenvalue weighted by atomic mass is 10.2. The first-order valence-electron chi connectivity index (χ1n) is 8.11. The number of pyridine rings is 1. The van der Waals surface area contributed by atoms with Crippen LogP contribution in [0, 0.1) is 0 Å². The zero-order chi connectivity index (χ0) is 16.8. The average molecular weight is 326 g/mol. The van der Waals surface area contributed by atoms with Gasteiger partial charge in [-0.15, -0.1) is 0 Å². The summed E-state index contributed by atoms with van der Waals surface area (Å²) in [6, 6.07) is 21.4. The van der Waals surface area contributed by atoms with Crippen molar-refractivity contribution in [2.24, 2.45) is 0 Å². The largest absolute Gasteiger partial charge is 0.273 e. The number of hydrogen-bond donors (Lipinski definition) is 0. The fourth-order valence-corrected chi connectivity index (χ4v) is 3.29. The minimum absolute atomic E-state index is 0.0743. The predicted octanol–water partition coefficient (Wildman–Crippen LogP) is 3.25. The van der Waals surface area contributed by atoms with E-state index in [1.807, 2.05) is 65.1 Å². The van der Waals surface area contributed by atoms with Crippen LogP contribution in [-0.4, -0.2) is 18.9 Å². The molecule has 5 nitrogen and oxygen atoms in total. The summed E-state index contributed by atoms with van der Waals surface area (Å²) in [4.78, 5) is 22.3. The lowest BCUT2D eigenvalue weighted by molar-refractivity contribution is 0.770. The first-order chi connectivity index (χ1) is 12.3. The molecule has 0 aliphatic carbocycles. The maximum atomic E-state index is 13.1. The van der Waals surface area contributed by atoms with Gasteiger partial charge in [0.25, 0.3) is 5.56 Å². The molecule has 3 aromatic heterocycles. The standard InChI is InChI=1S/C20H14N4O/c25-19-15-9-6-12-21-18(15)24-17-11-5-4-10-16(17)22-20(24)23(19)13-14-7-2-1-3-8-14/h1-12H,13H2. The van der Waals surface area contributed by atoms with Gasteiger partial charge in [-0.25, -0.2) is 9.97 Å². The van der Waals surface area contributed by atoms with E-state index in [9.17, 15) is 4.79 Å². The van der Waals surface area contributed by atoms with Crippen molar-refractivity contribution in [3.63, 3.8) is 0 Å². The molecule has 5 aromatic rings. The van der Waals surface area contributed by atoms with Gasteiger partial charge >= 0.3 is 0 Å². The second kappa shape index (κ2) is 5.27. The molecule has 0 amide bonds.